The van der Waals surface area contributed by atoms with Crippen molar-refractivity contribution in [2.75, 3.05) is 17.5 Å². The Morgan fingerprint density at radius 2 is 1.88 bits per heavy atom. The van der Waals surface area contributed by atoms with E-state index in [4.69, 9.17) is 4.74 Å². The molecule has 0 aromatic heterocycles. The third-order valence-corrected chi connectivity index (χ3v) is 5.84. The monoisotopic (exact) mass is 357 g/mol. The Bertz CT molecular complexity index is 901. The van der Waals surface area contributed by atoms with Gasteiger partial charge in [-0.1, -0.05) is 30.3 Å². The van der Waals surface area contributed by atoms with Crippen LogP contribution in [0.15, 0.2) is 59.5 Å². The van der Waals surface area contributed by atoms with Gasteiger partial charge in [0.15, 0.2) is 0 Å². The second-order valence-corrected chi connectivity index (χ2v) is 7.47. The molecule has 6 heteroatoms. The molecular formula is C19H19NO4S. The largest absolute Gasteiger partial charge is 0.463 e. The van der Waals surface area contributed by atoms with Crippen LogP contribution in [0.2, 0.25) is 0 Å². The highest BCUT2D eigenvalue weighted by Crippen LogP contribution is 2.32. The van der Waals surface area contributed by atoms with E-state index in [1.54, 1.807) is 37.3 Å². The van der Waals surface area contributed by atoms with Gasteiger partial charge < -0.3 is 4.74 Å². The predicted molar refractivity (Wildman–Crippen MR) is 96.8 cm³/mol. The minimum absolute atomic E-state index is 0.234. The third kappa shape index (κ3) is 3.58. The summed E-state index contributed by atoms with van der Waals surface area (Å²) in [5.41, 5.74) is 2.52. The van der Waals surface area contributed by atoms with Crippen LogP contribution < -0.4 is 4.31 Å². The fourth-order valence-electron chi connectivity index (χ4n) is 2.79. The van der Waals surface area contributed by atoms with Gasteiger partial charge in [0.25, 0.3) is 10.0 Å². The van der Waals surface area contributed by atoms with Crippen LogP contribution in [-0.4, -0.2) is 27.5 Å². The summed E-state index contributed by atoms with van der Waals surface area (Å²) in [4.78, 5) is 11.6. The maximum Gasteiger partial charge on any atom is 0.330 e. The van der Waals surface area contributed by atoms with Gasteiger partial charge in [0.05, 0.1) is 17.2 Å². The number of rotatable bonds is 5. The molecule has 0 spiro atoms. The summed E-state index contributed by atoms with van der Waals surface area (Å²) in [5.74, 6) is -0.423. The molecule has 2 aromatic carbocycles. The molecule has 0 N–H and O–H groups in total. The third-order valence-electron chi connectivity index (χ3n) is 4.01. The van der Waals surface area contributed by atoms with Gasteiger partial charge in [0.2, 0.25) is 0 Å². The summed E-state index contributed by atoms with van der Waals surface area (Å²) < 4.78 is 32.1. The van der Waals surface area contributed by atoms with E-state index in [1.165, 1.54) is 10.4 Å². The van der Waals surface area contributed by atoms with Crippen LogP contribution in [-0.2, 0) is 26.0 Å². The lowest BCUT2D eigenvalue weighted by molar-refractivity contribution is -0.137. The zero-order valence-electron chi connectivity index (χ0n) is 13.9. The number of nitrogens with zero attached hydrogens (tertiary/aromatic N) is 1. The highest BCUT2D eigenvalue weighted by atomic mass is 32.2. The summed E-state index contributed by atoms with van der Waals surface area (Å²) in [5, 5.41) is 0. The number of fused-ring (bicyclic) bond motifs is 1. The van der Waals surface area contributed by atoms with Gasteiger partial charge in [-0.05, 0) is 48.7 Å². The van der Waals surface area contributed by atoms with Crippen molar-refractivity contribution in [3.63, 3.8) is 0 Å². The number of para-hydroxylation sites is 1. The summed E-state index contributed by atoms with van der Waals surface area (Å²) in [6, 6.07) is 14.0. The zero-order chi connectivity index (χ0) is 17.9. The molecule has 0 amide bonds. The molecule has 0 unspecified atom stereocenters. The van der Waals surface area contributed by atoms with Crippen molar-refractivity contribution in [1.29, 1.82) is 0 Å². The number of hydrogen-bond donors (Lipinski definition) is 0. The Balaban J connectivity index is 1.81. The quantitative estimate of drug-likeness (QED) is 0.609. The molecule has 1 aliphatic rings. The van der Waals surface area contributed by atoms with Gasteiger partial charge >= 0.3 is 5.97 Å². The summed E-state index contributed by atoms with van der Waals surface area (Å²) in [7, 11) is -3.59. The van der Waals surface area contributed by atoms with Crippen molar-refractivity contribution < 1.29 is 17.9 Å². The van der Waals surface area contributed by atoms with Crippen molar-refractivity contribution in [2.45, 2.75) is 18.2 Å². The van der Waals surface area contributed by atoms with Crippen molar-refractivity contribution >= 4 is 27.8 Å². The SMILES string of the molecule is CCOC(=O)/C=C/c1ccc(S(=O)(=O)N2CCc3ccccc32)cc1. The van der Waals surface area contributed by atoms with Crippen LogP contribution in [0.4, 0.5) is 5.69 Å². The predicted octanol–water partition coefficient (Wildman–Crippen LogP) is 3.01. The zero-order valence-corrected chi connectivity index (χ0v) is 14.7. The molecule has 1 aliphatic heterocycles. The summed E-state index contributed by atoms with van der Waals surface area (Å²) in [6.07, 6.45) is 3.64. The first-order valence-corrected chi connectivity index (χ1v) is 9.52. The van der Waals surface area contributed by atoms with Crippen molar-refractivity contribution in [2.24, 2.45) is 0 Å². The Kier molecular flexibility index (Phi) is 4.90. The minimum Gasteiger partial charge on any atom is -0.463 e. The summed E-state index contributed by atoms with van der Waals surface area (Å²) >= 11 is 0. The molecule has 5 nitrogen and oxygen atoms in total. The van der Waals surface area contributed by atoms with Crippen molar-refractivity contribution in [3.05, 3.63) is 65.7 Å². The Morgan fingerprint density at radius 1 is 1.16 bits per heavy atom. The first kappa shape index (κ1) is 17.2. The van der Waals surface area contributed by atoms with E-state index >= 15 is 0 Å². The Labute approximate surface area is 147 Å². The molecule has 1 heterocycles. The van der Waals surface area contributed by atoms with Gasteiger partial charge in [-0.25, -0.2) is 13.2 Å². The highest BCUT2D eigenvalue weighted by Gasteiger charge is 2.30. The Morgan fingerprint density at radius 3 is 2.60 bits per heavy atom. The van der Waals surface area contributed by atoms with E-state index in [2.05, 4.69) is 0 Å². The normalized spacial score (nSPS) is 13.9. The fourth-order valence-corrected chi connectivity index (χ4v) is 4.29. The van der Waals surface area contributed by atoms with Gasteiger partial charge in [-0.3, -0.25) is 4.31 Å². The first-order valence-electron chi connectivity index (χ1n) is 8.08. The molecule has 2 aromatic rings. The van der Waals surface area contributed by atoms with Crippen LogP contribution in [0.1, 0.15) is 18.1 Å². The van der Waals surface area contributed by atoms with E-state index in [0.29, 0.717) is 13.2 Å². The molecule has 0 saturated heterocycles. The number of anilines is 1. The minimum atomic E-state index is -3.59. The molecule has 0 bridgehead atoms. The second kappa shape index (κ2) is 7.11. The Hall–Kier alpha value is -2.60. The molecule has 130 valence electrons. The fraction of sp³-hybridized carbons (Fsp3) is 0.211. The number of carbonyl (C=O) groups excluding carboxylic acids is 1. The van der Waals surface area contributed by atoms with Crippen LogP contribution in [0, 0.1) is 0 Å². The van der Waals surface area contributed by atoms with E-state index in [0.717, 1.165) is 23.2 Å². The van der Waals surface area contributed by atoms with Gasteiger partial charge in [-0.2, -0.15) is 0 Å². The molecular weight excluding hydrogens is 338 g/mol. The second-order valence-electron chi connectivity index (χ2n) is 5.61. The number of ether oxygens (including phenoxy) is 1. The van der Waals surface area contributed by atoms with Gasteiger partial charge in [0, 0.05) is 12.6 Å². The molecule has 3 rings (SSSR count). The van der Waals surface area contributed by atoms with Gasteiger partial charge in [0.1, 0.15) is 0 Å². The maximum atomic E-state index is 12.9. The number of esters is 1. The van der Waals surface area contributed by atoms with E-state index in [1.807, 2.05) is 24.3 Å². The average Bonchev–Trinajstić information content (AvgIpc) is 3.05. The van der Waals surface area contributed by atoms with Crippen molar-refractivity contribution in [1.82, 2.24) is 0 Å². The standard InChI is InChI=1S/C19H19NO4S/c1-2-24-19(21)12-9-15-7-10-17(11-8-15)25(22,23)20-14-13-16-5-3-4-6-18(16)20/h3-12H,2,13-14H2,1H3/b12-9+. The van der Waals surface area contributed by atoms with E-state index < -0.39 is 16.0 Å². The molecule has 0 fully saturated rings. The molecule has 0 saturated carbocycles. The molecule has 0 aliphatic carbocycles. The van der Waals surface area contributed by atoms with Gasteiger partial charge in [-0.15, -0.1) is 0 Å². The number of benzene rings is 2. The highest BCUT2D eigenvalue weighted by molar-refractivity contribution is 7.92. The number of hydrogen-bond acceptors (Lipinski definition) is 4. The van der Waals surface area contributed by atoms with Crippen LogP contribution in [0.3, 0.4) is 0 Å². The average molecular weight is 357 g/mol. The summed E-state index contributed by atoms with van der Waals surface area (Å²) in [6.45, 7) is 2.51. The lowest BCUT2D eigenvalue weighted by Crippen LogP contribution is -2.29. The topological polar surface area (TPSA) is 63.7 Å². The first-order chi connectivity index (χ1) is 12.0. The number of carbonyl (C=O) groups is 1. The molecule has 0 radical (unpaired) electrons. The smallest absolute Gasteiger partial charge is 0.330 e. The van der Waals surface area contributed by atoms with Crippen molar-refractivity contribution in [3.8, 4) is 0 Å². The van der Waals surface area contributed by atoms with E-state index in [-0.39, 0.29) is 4.90 Å². The molecule has 25 heavy (non-hydrogen) atoms. The van der Waals surface area contributed by atoms with Crippen LogP contribution in [0.25, 0.3) is 6.08 Å². The molecule has 0 atom stereocenters. The lowest BCUT2D eigenvalue weighted by atomic mass is 10.2. The van der Waals surface area contributed by atoms with Crippen LogP contribution in [0.5, 0.6) is 0 Å². The lowest BCUT2D eigenvalue weighted by Gasteiger charge is -2.19. The van der Waals surface area contributed by atoms with E-state index in [9.17, 15) is 13.2 Å². The maximum absolute atomic E-state index is 12.9. The van der Waals surface area contributed by atoms with Crippen LogP contribution >= 0.6 is 0 Å². The number of sulfonamides is 1.